The van der Waals surface area contributed by atoms with Crippen LogP contribution in [0, 0.1) is 0 Å². The molecule has 0 fully saturated rings. The first-order valence-corrected chi connectivity index (χ1v) is 9.51. The van der Waals surface area contributed by atoms with E-state index in [1.54, 1.807) is 25.3 Å². The normalized spacial score (nSPS) is 12.2. The Kier molecular flexibility index (Phi) is 6.16. The Balaban J connectivity index is 1.83. The van der Waals surface area contributed by atoms with Crippen molar-refractivity contribution in [3.8, 4) is 5.75 Å². The second-order valence-corrected chi connectivity index (χ2v) is 7.46. The number of methoxy groups -OCH3 is 1. The number of hydrogen-bond acceptors (Lipinski definition) is 5. The molecule has 0 radical (unpaired) electrons. The van der Waals surface area contributed by atoms with Crippen LogP contribution in [0.15, 0.2) is 62.2 Å². The second kappa shape index (κ2) is 8.58. The number of benzene rings is 2. The van der Waals surface area contributed by atoms with E-state index in [2.05, 4.69) is 21.2 Å². The first kappa shape index (κ1) is 20.1. The molecule has 7 heteroatoms. The maximum absolute atomic E-state index is 12.6. The minimum absolute atomic E-state index is 0.0163. The highest BCUT2D eigenvalue weighted by Gasteiger charge is 2.20. The minimum Gasteiger partial charge on any atom is -0.496 e. The van der Waals surface area contributed by atoms with Gasteiger partial charge in [0.2, 0.25) is 0 Å². The zero-order valence-corrected chi connectivity index (χ0v) is 17.4. The number of nitrogens with zero attached hydrogens (tertiary/aromatic N) is 1. The van der Waals surface area contributed by atoms with Gasteiger partial charge in [-0.1, -0.05) is 34.1 Å². The number of carbonyl (C=O) groups is 1. The summed E-state index contributed by atoms with van der Waals surface area (Å²) in [6.45, 7) is 0.328. The average Bonchev–Trinajstić information content (AvgIpc) is 2.68. The summed E-state index contributed by atoms with van der Waals surface area (Å²) in [4.78, 5) is 26.9. The van der Waals surface area contributed by atoms with Gasteiger partial charge in [-0.15, -0.1) is 0 Å². The van der Waals surface area contributed by atoms with Crippen LogP contribution < -0.4 is 15.5 Å². The molecule has 0 bridgehead atoms. The monoisotopic (exact) mass is 444 g/mol. The third-order valence-electron chi connectivity index (χ3n) is 4.49. The zero-order valence-electron chi connectivity index (χ0n) is 15.9. The maximum atomic E-state index is 12.6. The number of amides is 1. The third kappa shape index (κ3) is 4.26. The summed E-state index contributed by atoms with van der Waals surface area (Å²) in [6, 6.07) is 13.9. The molecule has 1 aromatic heterocycles. The van der Waals surface area contributed by atoms with Gasteiger partial charge in [0.05, 0.1) is 18.5 Å². The topological polar surface area (TPSA) is 71.8 Å². The highest BCUT2D eigenvalue weighted by Crippen LogP contribution is 2.27. The number of para-hydroxylation sites is 1. The number of ether oxygens (including phenoxy) is 1. The molecule has 0 unspecified atom stereocenters. The quantitative estimate of drug-likeness (QED) is 0.628. The van der Waals surface area contributed by atoms with Crippen LogP contribution >= 0.6 is 15.9 Å². The van der Waals surface area contributed by atoms with Crippen LogP contribution in [-0.4, -0.2) is 38.6 Å². The number of rotatable bonds is 6. The predicted molar refractivity (Wildman–Crippen MR) is 112 cm³/mol. The van der Waals surface area contributed by atoms with E-state index >= 15 is 0 Å². The summed E-state index contributed by atoms with van der Waals surface area (Å²) in [5.41, 5.74) is 1.07. The highest BCUT2D eigenvalue weighted by molar-refractivity contribution is 9.10. The summed E-state index contributed by atoms with van der Waals surface area (Å²) >= 11 is 3.33. The third-order valence-corrected chi connectivity index (χ3v) is 4.98. The van der Waals surface area contributed by atoms with Gasteiger partial charge in [-0.25, -0.2) is 0 Å². The van der Waals surface area contributed by atoms with E-state index in [9.17, 15) is 9.59 Å². The number of likely N-dealkylation sites (N-methyl/N-ethyl adjacent to an activating group) is 1. The summed E-state index contributed by atoms with van der Waals surface area (Å²) in [6.07, 6.45) is 0. The predicted octanol–water partition coefficient (Wildman–Crippen LogP) is 3.60. The molecule has 2 aromatic carbocycles. The van der Waals surface area contributed by atoms with Crippen LogP contribution in [-0.2, 0) is 0 Å². The van der Waals surface area contributed by atoms with Crippen molar-refractivity contribution in [1.82, 2.24) is 10.2 Å². The van der Waals surface area contributed by atoms with Gasteiger partial charge in [-0.05, 0) is 38.4 Å². The summed E-state index contributed by atoms with van der Waals surface area (Å²) in [5.74, 6) is 0.291. The van der Waals surface area contributed by atoms with Crippen LogP contribution in [0.3, 0.4) is 0 Å². The molecule has 1 atom stereocenters. The van der Waals surface area contributed by atoms with Gasteiger partial charge in [-0.2, -0.15) is 0 Å². The molecule has 0 aliphatic carbocycles. The summed E-state index contributed by atoms with van der Waals surface area (Å²) in [5, 5.41) is 3.28. The fourth-order valence-electron chi connectivity index (χ4n) is 3.03. The number of hydrogen-bond donors (Lipinski definition) is 1. The average molecular weight is 445 g/mol. The van der Waals surface area contributed by atoms with Crippen molar-refractivity contribution < 1.29 is 13.9 Å². The highest BCUT2D eigenvalue weighted by atomic mass is 79.9. The lowest BCUT2D eigenvalue weighted by Gasteiger charge is -2.26. The molecule has 0 saturated heterocycles. The molecule has 0 saturated carbocycles. The van der Waals surface area contributed by atoms with Crippen molar-refractivity contribution in [3.63, 3.8) is 0 Å². The van der Waals surface area contributed by atoms with Gasteiger partial charge in [0.1, 0.15) is 11.3 Å². The molecule has 3 aromatic rings. The molecule has 0 aliphatic heterocycles. The molecule has 6 nitrogen and oxygen atoms in total. The van der Waals surface area contributed by atoms with E-state index < -0.39 is 5.91 Å². The standard InChI is InChI=1S/C21H21BrN2O4/c1-24(2)16(14-6-4-5-7-18(14)27-3)12-23-21(26)20-11-17(25)15-10-13(22)8-9-19(15)28-20/h4-11,16H,12H2,1-3H3,(H,23,26)/t16-/m1/s1. The molecule has 1 amide bonds. The molecule has 1 heterocycles. The Morgan fingerprint density at radius 1 is 1.21 bits per heavy atom. The Bertz CT molecular complexity index is 1060. The van der Waals surface area contributed by atoms with Crippen molar-refractivity contribution in [2.75, 3.05) is 27.7 Å². The lowest BCUT2D eigenvalue weighted by Crippen LogP contribution is -2.35. The van der Waals surface area contributed by atoms with E-state index in [4.69, 9.17) is 9.15 Å². The van der Waals surface area contributed by atoms with Crippen molar-refractivity contribution in [2.45, 2.75) is 6.04 Å². The summed E-state index contributed by atoms with van der Waals surface area (Å²) < 4.78 is 11.8. The van der Waals surface area contributed by atoms with Crippen molar-refractivity contribution >= 4 is 32.8 Å². The number of nitrogens with one attached hydrogen (secondary N) is 1. The van der Waals surface area contributed by atoms with Gasteiger partial charge in [0.25, 0.3) is 5.91 Å². The lowest BCUT2D eigenvalue weighted by molar-refractivity contribution is 0.0914. The van der Waals surface area contributed by atoms with Crippen molar-refractivity contribution in [1.29, 1.82) is 0 Å². The van der Waals surface area contributed by atoms with E-state index in [0.29, 0.717) is 17.5 Å². The minimum atomic E-state index is -0.441. The SMILES string of the molecule is COc1ccccc1[C@@H](CNC(=O)c1cc(=O)c2cc(Br)ccc2o1)N(C)C. The molecular weight excluding hydrogens is 424 g/mol. The molecule has 1 N–H and O–H groups in total. The molecule has 0 aliphatic rings. The van der Waals surface area contributed by atoms with Crippen LogP contribution in [0.25, 0.3) is 11.0 Å². The van der Waals surface area contributed by atoms with Crippen molar-refractivity contribution in [3.05, 3.63) is 74.6 Å². The molecule has 146 valence electrons. The van der Waals surface area contributed by atoms with Gasteiger partial charge < -0.3 is 19.4 Å². The molecular formula is C21H21BrN2O4. The lowest BCUT2D eigenvalue weighted by atomic mass is 10.0. The van der Waals surface area contributed by atoms with Crippen molar-refractivity contribution in [2.24, 2.45) is 0 Å². The fraction of sp³-hybridized carbons (Fsp3) is 0.238. The van der Waals surface area contributed by atoms with Gasteiger partial charge in [0.15, 0.2) is 11.2 Å². The fourth-order valence-corrected chi connectivity index (χ4v) is 3.39. The first-order valence-electron chi connectivity index (χ1n) is 8.71. The number of halogens is 1. The Labute approximate surface area is 171 Å². The van der Waals surface area contributed by atoms with Crippen LogP contribution in [0.5, 0.6) is 5.75 Å². The zero-order chi connectivity index (χ0) is 20.3. The summed E-state index contributed by atoms with van der Waals surface area (Å²) in [7, 11) is 5.47. The maximum Gasteiger partial charge on any atom is 0.287 e. The van der Waals surface area contributed by atoms with Gasteiger partial charge in [-0.3, -0.25) is 9.59 Å². The Hall–Kier alpha value is -2.64. The van der Waals surface area contributed by atoms with Crippen LogP contribution in [0.4, 0.5) is 0 Å². The van der Waals surface area contributed by atoms with E-state index in [1.165, 1.54) is 6.07 Å². The Morgan fingerprint density at radius 2 is 1.96 bits per heavy atom. The number of fused-ring (bicyclic) bond motifs is 1. The Morgan fingerprint density at radius 3 is 2.68 bits per heavy atom. The molecule has 28 heavy (non-hydrogen) atoms. The van der Waals surface area contributed by atoms with E-state index in [1.807, 2.05) is 43.3 Å². The van der Waals surface area contributed by atoms with Gasteiger partial charge >= 0.3 is 0 Å². The largest absolute Gasteiger partial charge is 0.496 e. The smallest absolute Gasteiger partial charge is 0.287 e. The van der Waals surface area contributed by atoms with Gasteiger partial charge in [0, 0.05) is 22.6 Å². The van der Waals surface area contributed by atoms with E-state index in [-0.39, 0.29) is 17.2 Å². The molecule has 3 rings (SSSR count). The van der Waals surface area contributed by atoms with Crippen LogP contribution in [0.1, 0.15) is 22.2 Å². The molecule has 0 spiro atoms. The van der Waals surface area contributed by atoms with Crippen LogP contribution in [0.2, 0.25) is 0 Å². The first-order chi connectivity index (χ1) is 13.4. The van der Waals surface area contributed by atoms with E-state index in [0.717, 1.165) is 15.8 Å². The number of carbonyl (C=O) groups excluding carboxylic acids is 1. The second-order valence-electron chi connectivity index (χ2n) is 6.55.